The van der Waals surface area contributed by atoms with Crippen LogP contribution in [0.1, 0.15) is 0 Å². The van der Waals surface area contributed by atoms with Gasteiger partial charge in [0.2, 0.25) is 5.91 Å². The third-order valence-electron chi connectivity index (χ3n) is 0.500. The first-order valence-corrected chi connectivity index (χ1v) is 2.05. The third kappa shape index (κ3) is 4.49. The van der Waals surface area contributed by atoms with Crippen LogP contribution in [0, 0.1) is 0 Å². The van der Waals surface area contributed by atoms with Crippen molar-refractivity contribution in [3.8, 4) is 0 Å². The highest BCUT2D eigenvalue weighted by Gasteiger charge is 1.91. The molecule has 0 saturated heterocycles. The first-order valence-electron chi connectivity index (χ1n) is 2.05. The van der Waals surface area contributed by atoms with Crippen molar-refractivity contribution in [3.05, 3.63) is 12.2 Å². The van der Waals surface area contributed by atoms with Gasteiger partial charge in [0, 0.05) is 12.2 Å². The molecule has 0 unspecified atom stereocenters. The van der Waals surface area contributed by atoms with E-state index in [-0.39, 0.29) is 0 Å². The molecule has 0 fully saturated rings. The van der Waals surface area contributed by atoms with E-state index in [2.05, 4.69) is 16.5 Å². The number of hydrogen-bond acceptors (Lipinski definition) is 4. The minimum absolute atomic E-state index is 0.722. The van der Waals surface area contributed by atoms with Crippen molar-refractivity contribution >= 4 is 11.9 Å². The van der Waals surface area contributed by atoms with Crippen LogP contribution in [0.4, 0.5) is 0 Å². The minimum Gasteiger partial charge on any atom is -0.370 e. The van der Waals surface area contributed by atoms with Gasteiger partial charge >= 0.3 is 5.97 Å². The fourth-order valence-corrected chi connectivity index (χ4v) is 0.189. The fourth-order valence-electron chi connectivity index (χ4n) is 0.189. The molecule has 0 aromatic carbocycles. The monoisotopic (exact) mass is 130 g/mol. The van der Waals surface area contributed by atoms with E-state index < -0.39 is 11.9 Å². The third-order valence-corrected chi connectivity index (χ3v) is 0.500. The number of carbonyl (C=O) groups excluding carboxylic acids is 2. The van der Waals surface area contributed by atoms with E-state index in [4.69, 9.17) is 0 Å². The quantitative estimate of drug-likeness (QED) is 0.349. The number of nitrogens with two attached hydrogens (primary N) is 2. The van der Waals surface area contributed by atoms with E-state index in [1.54, 1.807) is 0 Å². The van der Waals surface area contributed by atoms with Crippen molar-refractivity contribution in [1.29, 1.82) is 0 Å². The molecule has 1 amide bonds. The zero-order valence-corrected chi connectivity index (χ0v) is 4.53. The molecule has 5 heteroatoms. The average molecular weight is 130 g/mol. The lowest BCUT2D eigenvalue weighted by Crippen LogP contribution is -2.10. The molecule has 0 heterocycles. The van der Waals surface area contributed by atoms with Gasteiger partial charge in [-0.2, -0.15) is 5.90 Å². The summed E-state index contributed by atoms with van der Waals surface area (Å²) in [5.74, 6) is 2.87. The zero-order valence-electron chi connectivity index (χ0n) is 4.53. The van der Waals surface area contributed by atoms with Gasteiger partial charge in [0.25, 0.3) is 0 Å². The van der Waals surface area contributed by atoms with E-state index in [1.807, 2.05) is 0 Å². The van der Waals surface area contributed by atoms with Crippen molar-refractivity contribution in [2.24, 2.45) is 11.6 Å². The second-order valence-corrected chi connectivity index (χ2v) is 1.17. The molecule has 0 aromatic rings. The summed E-state index contributed by atoms with van der Waals surface area (Å²) >= 11 is 0. The Kier molecular flexibility index (Phi) is 3.07. The standard InChI is InChI=1S/C4H6N2O3/c5-3(7)1-2-4(8)9-6/h1-2H,6H2,(H2,5,7)/b2-1-. The Balaban J connectivity index is 3.71. The van der Waals surface area contributed by atoms with Crippen LogP contribution in [0.25, 0.3) is 0 Å². The molecule has 0 aromatic heterocycles. The summed E-state index contributed by atoms with van der Waals surface area (Å²) in [4.78, 5) is 23.6. The summed E-state index contributed by atoms with van der Waals surface area (Å²) in [6.45, 7) is 0. The Morgan fingerprint density at radius 1 is 1.33 bits per heavy atom. The largest absolute Gasteiger partial charge is 0.370 e. The maximum Gasteiger partial charge on any atom is 0.349 e. The number of carbonyl (C=O) groups is 2. The summed E-state index contributed by atoms with van der Waals surface area (Å²) in [5, 5.41) is 0. The molecule has 9 heavy (non-hydrogen) atoms. The van der Waals surface area contributed by atoms with Gasteiger partial charge in [-0.15, -0.1) is 0 Å². The second-order valence-electron chi connectivity index (χ2n) is 1.17. The lowest BCUT2D eigenvalue weighted by atomic mass is 10.5. The summed E-state index contributed by atoms with van der Waals surface area (Å²) in [6.07, 6.45) is 1.69. The van der Waals surface area contributed by atoms with Crippen LogP contribution in [0.2, 0.25) is 0 Å². The van der Waals surface area contributed by atoms with Crippen molar-refractivity contribution in [2.45, 2.75) is 0 Å². The molecule has 0 spiro atoms. The summed E-state index contributed by atoms with van der Waals surface area (Å²) < 4.78 is 0. The molecule has 50 valence electrons. The summed E-state index contributed by atoms with van der Waals surface area (Å²) in [7, 11) is 0. The van der Waals surface area contributed by atoms with Crippen LogP contribution < -0.4 is 11.6 Å². The van der Waals surface area contributed by atoms with Crippen LogP contribution >= 0.6 is 0 Å². The summed E-state index contributed by atoms with van der Waals surface area (Å²) in [6, 6.07) is 0. The highest BCUT2D eigenvalue weighted by molar-refractivity contribution is 5.93. The van der Waals surface area contributed by atoms with E-state index >= 15 is 0 Å². The van der Waals surface area contributed by atoms with E-state index in [9.17, 15) is 9.59 Å². The van der Waals surface area contributed by atoms with Gasteiger partial charge in [0.1, 0.15) is 0 Å². The molecule has 0 bridgehead atoms. The Labute approximate surface area is 51.2 Å². The van der Waals surface area contributed by atoms with Crippen LogP contribution in [-0.2, 0) is 14.4 Å². The maximum absolute atomic E-state index is 10.1. The van der Waals surface area contributed by atoms with Gasteiger partial charge in [-0.25, -0.2) is 4.79 Å². The highest BCUT2D eigenvalue weighted by Crippen LogP contribution is 1.73. The van der Waals surface area contributed by atoms with Gasteiger partial charge in [-0.1, -0.05) is 0 Å². The molecule has 5 nitrogen and oxygen atoms in total. The highest BCUT2D eigenvalue weighted by atomic mass is 16.7. The minimum atomic E-state index is -0.811. The average Bonchev–Trinajstić information content (AvgIpc) is 1.83. The van der Waals surface area contributed by atoms with Gasteiger partial charge < -0.3 is 10.6 Å². The molecular weight excluding hydrogens is 124 g/mol. The predicted molar refractivity (Wildman–Crippen MR) is 28.6 cm³/mol. The second kappa shape index (κ2) is 3.62. The number of primary amides is 1. The van der Waals surface area contributed by atoms with Crippen LogP contribution in [0.15, 0.2) is 12.2 Å². The van der Waals surface area contributed by atoms with Crippen molar-refractivity contribution in [1.82, 2.24) is 0 Å². The van der Waals surface area contributed by atoms with E-state index in [0.717, 1.165) is 12.2 Å². The van der Waals surface area contributed by atoms with Crippen molar-refractivity contribution in [2.75, 3.05) is 0 Å². The molecule has 0 radical (unpaired) electrons. The maximum atomic E-state index is 10.1. The first kappa shape index (κ1) is 7.64. The van der Waals surface area contributed by atoms with Gasteiger partial charge in [0.05, 0.1) is 0 Å². The Bertz CT molecular complexity index is 152. The Morgan fingerprint density at radius 3 is 2.22 bits per heavy atom. The topological polar surface area (TPSA) is 95.4 Å². The molecule has 4 N–H and O–H groups in total. The van der Waals surface area contributed by atoms with Gasteiger partial charge in [0.15, 0.2) is 0 Å². The lowest BCUT2D eigenvalue weighted by Gasteiger charge is -1.84. The Hall–Kier alpha value is -1.36. The van der Waals surface area contributed by atoms with Crippen molar-refractivity contribution in [3.63, 3.8) is 0 Å². The molecule has 0 rings (SSSR count). The molecule has 0 aliphatic heterocycles. The van der Waals surface area contributed by atoms with E-state index in [1.165, 1.54) is 0 Å². The number of rotatable bonds is 2. The lowest BCUT2D eigenvalue weighted by molar-refractivity contribution is -0.138. The fraction of sp³-hybridized carbons (Fsp3) is 0. The summed E-state index contributed by atoms with van der Waals surface area (Å²) in [5.41, 5.74) is 4.62. The first-order chi connectivity index (χ1) is 4.16. The molecule has 0 aliphatic rings. The van der Waals surface area contributed by atoms with E-state index in [0.29, 0.717) is 0 Å². The van der Waals surface area contributed by atoms with Gasteiger partial charge in [-0.3, -0.25) is 4.79 Å². The van der Waals surface area contributed by atoms with Crippen LogP contribution in [0.5, 0.6) is 0 Å². The van der Waals surface area contributed by atoms with Crippen LogP contribution in [-0.4, -0.2) is 11.9 Å². The molecule has 0 aliphatic carbocycles. The number of amides is 1. The normalized spacial score (nSPS) is 9.44. The SMILES string of the molecule is NOC(=O)/C=C\C(N)=O. The smallest absolute Gasteiger partial charge is 0.349 e. The Morgan fingerprint density at radius 2 is 1.89 bits per heavy atom. The predicted octanol–water partition coefficient (Wildman–Crippen LogP) is -1.56. The molecular formula is C4H6N2O3. The van der Waals surface area contributed by atoms with Gasteiger partial charge in [-0.05, 0) is 0 Å². The van der Waals surface area contributed by atoms with Crippen LogP contribution in [0.3, 0.4) is 0 Å². The number of hydrogen-bond donors (Lipinski definition) is 2. The molecule has 0 atom stereocenters. The zero-order chi connectivity index (χ0) is 7.28. The molecule has 0 saturated carbocycles. The van der Waals surface area contributed by atoms with Crippen molar-refractivity contribution < 1.29 is 14.4 Å².